The Balaban J connectivity index is 1.86. The molecule has 7 heteroatoms. The number of nitrogens with zero attached hydrogens (tertiary/aromatic N) is 5. The second-order valence-electron chi connectivity index (χ2n) is 5.76. The molecule has 0 saturated heterocycles. The SMILES string of the molecule is CCc1nc(-c2cccc(Nc3ncc(C)c(N(C)C)n3)c2)n[nH]1. The summed E-state index contributed by atoms with van der Waals surface area (Å²) in [6.07, 6.45) is 2.65. The predicted molar refractivity (Wildman–Crippen MR) is 95.6 cm³/mol. The number of aryl methyl sites for hydroxylation is 2. The molecule has 0 bridgehead atoms. The van der Waals surface area contributed by atoms with E-state index in [1.807, 2.05) is 63.3 Å². The van der Waals surface area contributed by atoms with Crippen LogP contribution in [0.15, 0.2) is 30.5 Å². The molecule has 0 aliphatic heterocycles. The molecule has 2 heterocycles. The molecule has 7 nitrogen and oxygen atoms in total. The standard InChI is InChI=1S/C17H21N7/c1-5-14-20-15(23-22-14)12-7-6-8-13(9-12)19-17-18-10-11(2)16(21-17)24(3)4/h6-10H,5H2,1-4H3,(H,18,19,21)(H,20,22,23). The van der Waals surface area contributed by atoms with Gasteiger partial charge in [0.15, 0.2) is 5.82 Å². The summed E-state index contributed by atoms with van der Waals surface area (Å²) >= 11 is 0. The van der Waals surface area contributed by atoms with Crippen LogP contribution < -0.4 is 10.2 Å². The molecule has 1 aromatic carbocycles. The first-order valence-electron chi connectivity index (χ1n) is 7.86. The van der Waals surface area contributed by atoms with Gasteiger partial charge in [-0.15, -0.1) is 0 Å². The number of hydrogen-bond donors (Lipinski definition) is 2. The highest BCUT2D eigenvalue weighted by Gasteiger charge is 2.08. The molecule has 0 radical (unpaired) electrons. The smallest absolute Gasteiger partial charge is 0.229 e. The summed E-state index contributed by atoms with van der Waals surface area (Å²) in [6.45, 7) is 4.04. The first kappa shape index (κ1) is 15.9. The molecule has 0 amide bonds. The van der Waals surface area contributed by atoms with E-state index in [2.05, 4.69) is 30.5 Å². The average Bonchev–Trinajstić information content (AvgIpc) is 3.06. The molecule has 0 saturated carbocycles. The van der Waals surface area contributed by atoms with Crippen molar-refractivity contribution in [2.45, 2.75) is 20.3 Å². The molecule has 0 aliphatic rings. The Morgan fingerprint density at radius 1 is 1.21 bits per heavy atom. The van der Waals surface area contributed by atoms with Crippen LogP contribution in [-0.2, 0) is 6.42 Å². The van der Waals surface area contributed by atoms with Crippen molar-refractivity contribution >= 4 is 17.5 Å². The molecule has 0 atom stereocenters. The van der Waals surface area contributed by atoms with E-state index in [-0.39, 0.29) is 0 Å². The summed E-state index contributed by atoms with van der Waals surface area (Å²) in [5.41, 5.74) is 2.87. The molecule has 24 heavy (non-hydrogen) atoms. The fraction of sp³-hybridized carbons (Fsp3) is 0.294. The Morgan fingerprint density at radius 2 is 2.04 bits per heavy atom. The Morgan fingerprint density at radius 3 is 2.75 bits per heavy atom. The third-order valence-electron chi connectivity index (χ3n) is 3.61. The fourth-order valence-electron chi connectivity index (χ4n) is 2.39. The van der Waals surface area contributed by atoms with Crippen LogP contribution in [0.25, 0.3) is 11.4 Å². The summed E-state index contributed by atoms with van der Waals surface area (Å²) in [5, 5.41) is 10.4. The van der Waals surface area contributed by atoms with Gasteiger partial charge in [-0.3, -0.25) is 5.10 Å². The molecule has 0 aliphatic carbocycles. The van der Waals surface area contributed by atoms with Crippen LogP contribution in [0.5, 0.6) is 0 Å². The molecule has 2 N–H and O–H groups in total. The molecule has 0 unspecified atom stereocenters. The van der Waals surface area contributed by atoms with Gasteiger partial charge >= 0.3 is 0 Å². The monoisotopic (exact) mass is 323 g/mol. The number of H-pyrrole nitrogens is 1. The van der Waals surface area contributed by atoms with Crippen LogP contribution in [-0.4, -0.2) is 39.2 Å². The van der Waals surface area contributed by atoms with Gasteiger partial charge in [0, 0.05) is 43.5 Å². The van der Waals surface area contributed by atoms with E-state index in [9.17, 15) is 0 Å². The number of benzene rings is 1. The van der Waals surface area contributed by atoms with E-state index < -0.39 is 0 Å². The lowest BCUT2D eigenvalue weighted by atomic mass is 10.2. The molecule has 2 aromatic heterocycles. The second kappa shape index (κ2) is 6.66. The minimum absolute atomic E-state index is 0.561. The zero-order chi connectivity index (χ0) is 17.1. The number of rotatable bonds is 5. The molecule has 3 rings (SSSR count). The van der Waals surface area contributed by atoms with Crippen LogP contribution in [0.3, 0.4) is 0 Å². The number of hydrogen-bond acceptors (Lipinski definition) is 6. The fourth-order valence-corrected chi connectivity index (χ4v) is 2.39. The highest BCUT2D eigenvalue weighted by atomic mass is 15.2. The predicted octanol–water partition coefficient (Wildman–Crippen LogP) is 2.94. The Labute approximate surface area is 141 Å². The Kier molecular flexibility index (Phi) is 4.41. The van der Waals surface area contributed by atoms with Gasteiger partial charge in [0.05, 0.1) is 0 Å². The largest absolute Gasteiger partial charge is 0.362 e. The maximum Gasteiger partial charge on any atom is 0.229 e. The number of aromatic amines is 1. The van der Waals surface area contributed by atoms with Crippen LogP contribution in [0.4, 0.5) is 17.5 Å². The van der Waals surface area contributed by atoms with Crippen molar-refractivity contribution in [3.63, 3.8) is 0 Å². The van der Waals surface area contributed by atoms with Crippen molar-refractivity contribution in [3.8, 4) is 11.4 Å². The van der Waals surface area contributed by atoms with Gasteiger partial charge in [-0.05, 0) is 19.1 Å². The molecular formula is C17H21N7. The molecule has 3 aromatic rings. The van der Waals surface area contributed by atoms with Gasteiger partial charge in [-0.25, -0.2) is 9.97 Å². The zero-order valence-electron chi connectivity index (χ0n) is 14.3. The van der Waals surface area contributed by atoms with Crippen LogP contribution in [0.2, 0.25) is 0 Å². The van der Waals surface area contributed by atoms with E-state index >= 15 is 0 Å². The minimum Gasteiger partial charge on any atom is -0.362 e. The third kappa shape index (κ3) is 3.34. The van der Waals surface area contributed by atoms with Crippen LogP contribution in [0.1, 0.15) is 18.3 Å². The lowest BCUT2D eigenvalue weighted by Crippen LogP contribution is -2.13. The average molecular weight is 323 g/mol. The van der Waals surface area contributed by atoms with Crippen molar-refractivity contribution in [3.05, 3.63) is 41.9 Å². The minimum atomic E-state index is 0.561. The topological polar surface area (TPSA) is 82.6 Å². The van der Waals surface area contributed by atoms with E-state index in [4.69, 9.17) is 0 Å². The maximum absolute atomic E-state index is 4.55. The lowest BCUT2D eigenvalue weighted by molar-refractivity contribution is 0.946. The molecule has 0 fully saturated rings. The summed E-state index contributed by atoms with van der Waals surface area (Å²) in [4.78, 5) is 15.3. The van der Waals surface area contributed by atoms with Crippen molar-refractivity contribution in [2.24, 2.45) is 0 Å². The van der Waals surface area contributed by atoms with Crippen molar-refractivity contribution in [1.29, 1.82) is 0 Å². The number of nitrogens with one attached hydrogen (secondary N) is 2. The normalized spacial score (nSPS) is 10.7. The summed E-state index contributed by atoms with van der Waals surface area (Å²) in [6, 6.07) is 7.90. The van der Waals surface area contributed by atoms with E-state index in [0.717, 1.165) is 34.9 Å². The summed E-state index contributed by atoms with van der Waals surface area (Å²) in [5.74, 6) is 3.02. The first-order chi connectivity index (χ1) is 11.6. The molecule has 124 valence electrons. The van der Waals surface area contributed by atoms with Crippen molar-refractivity contribution in [1.82, 2.24) is 25.1 Å². The van der Waals surface area contributed by atoms with Gasteiger partial charge in [-0.2, -0.15) is 10.1 Å². The van der Waals surface area contributed by atoms with Crippen molar-refractivity contribution in [2.75, 3.05) is 24.3 Å². The maximum atomic E-state index is 4.55. The summed E-state index contributed by atoms with van der Waals surface area (Å²) < 4.78 is 0. The van der Waals surface area contributed by atoms with Crippen LogP contribution in [0, 0.1) is 6.92 Å². The first-order valence-corrected chi connectivity index (χ1v) is 7.86. The van der Waals surface area contributed by atoms with E-state index in [1.54, 1.807) is 0 Å². The van der Waals surface area contributed by atoms with Gasteiger partial charge in [0.25, 0.3) is 0 Å². The van der Waals surface area contributed by atoms with Gasteiger partial charge in [0.1, 0.15) is 11.6 Å². The highest BCUT2D eigenvalue weighted by molar-refractivity contribution is 5.65. The van der Waals surface area contributed by atoms with E-state index in [0.29, 0.717) is 11.8 Å². The lowest BCUT2D eigenvalue weighted by Gasteiger charge is -2.15. The Hall–Kier alpha value is -2.96. The summed E-state index contributed by atoms with van der Waals surface area (Å²) in [7, 11) is 3.93. The molecule has 0 spiro atoms. The Bertz CT molecular complexity index is 838. The number of anilines is 3. The van der Waals surface area contributed by atoms with Gasteiger partial charge in [-0.1, -0.05) is 19.1 Å². The number of aromatic nitrogens is 5. The zero-order valence-corrected chi connectivity index (χ0v) is 14.3. The van der Waals surface area contributed by atoms with Crippen molar-refractivity contribution < 1.29 is 0 Å². The third-order valence-corrected chi connectivity index (χ3v) is 3.61. The quantitative estimate of drug-likeness (QED) is 0.751. The van der Waals surface area contributed by atoms with Gasteiger partial charge < -0.3 is 10.2 Å². The highest BCUT2D eigenvalue weighted by Crippen LogP contribution is 2.22. The van der Waals surface area contributed by atoms with E-state index in [1.165, 1.54) is 0 Å². The van der Waals surface area contributed by atoms with Crippen LogP contribution >= 0.6 is 0 Å². The second-order valence-corrected chi connectivity index (χ2v) is 5.76. The van der Waals surface area contributed by atoms with Gasteiger partial charge in [0.2, 0.25) is 5.95 Å². The molecular weight excluding hydrogens is 302 g/mol.